The number of benzene rings is 2. The molecule has 0 spiro atoms. The number of methoxy groups -OCH3 is 2. The smallest absolute Gasteiger partial charge is 0.331 e. The van der Waals surface area contributed by atoms with Gasteiger partial charge in [0.1, 0.15) is 29.2 Å². The van der Waals surface area contributed by atoms with E-state index in [4.69, 9.17) is 14.3 Å². The van der Waals surface area contributed by atoms with E-state index in [0.717, 1.165) is 35.0 Å². The van der Waals surface area contributed by atoms with Gasteiger partial charge in [0, 0.05) is 6.20 Å². The first kappa shape index (κ1) is 29.0. The molecular formula is C27H27F2N3O7. The molecule has 10 nitrogen and oxygen atoms in total. The maximum atomic E-state index is 13.9. The Morgan fingerprint density at radius 2 is 1.38 bits per heavy atom. The number of hydrogen-bond donors (Lipinski definition) is 0. The van der Waals surface area contributed by atoms with Gasteiger partial charge in [-0.05, 0) is 57.2 Å². The lowest BCUT2D eigenvalue weighted by Crippen LogP contribution is -2.44. The minimum atomic E-state index is -1.01. The highest BCUT2D eigenvalue weighted by molar-refractivity contribution is 6.00. The number of ether oxygens (including phenoxy) is 2. The van der Waals surface area contributed by atoms with Gasteiger partial charge in [0.25, 0.3) is 5.56 Å². The maximum Gasteiger partial charge on any atom is 0.331 e. The Kier molecular flexibility index (Phi) is 9.12. The van der Waals surface area contributed by atoms with E-state index < -0.39 is 47.5 Å². The molecule has 12 heteroatoms. The van der Waals surface area contributed by atoms with Crippen molar-refractivity contribution in [1.82, 2.24) is 9.13 Å². The second kappa shape index (κ2) is 12.3. The fourth-order valence-electron chi connectivity index (χ4n) is 3.65. The molecule has 0 fully saturated rings. The number of oxime groups is 1. The fourth-order valence-corrected chi connectivity index (χ4v) is 3.65. The third kappa shape index (κ3) is 6.64. The molecule has 0 aliphatic heterocycles. The Balaban J connectivity index is 2.14. The highest BCUT2D eigenvalue weighted by atomic mass is 19.1. The van der Waals surface area contributed by atoms with Gasteiger partial charge in [-0.25, -0.2) is 13.6 Å². The highest BCUT2D eigenvalue weighted by Gasteiger charge is 2.22. The predicted molar refractivity (Wildman–Crippen MR) is 138 cm³/mol. The van der Waals surface area contributed by atoms with Crippen LogP contribution in [0.4, 0.5) is 8.78 Å². The molecular weight excluding hydrogens is 516 g/mol. The second-order valence-electron chi connectivity index (χ2n) is 8.71. The number of hydrogen-bond acceptors (Lipinski definition) is 8. The molecule has 206 valence electrons. The van der Waals surface area contributed by atoms with Gasteiger partial charge in [0.05, 0.1) is 49.7 Å². The van der Waals surface area contributed by atoms with E-state index in [0.29, 0.717) is 4.57 Å². The van der Waals surface area contributed by atoms with Crippen LogP contribution in [0.1, 0.15) is 47.1 Å². The summed E-state index contributed by atoms with van der Waals surface area (Å²) in [5.74, 6) is -2.78. The minimum absolute atomic E-state index is 0.0439. The monoisotopic (exact) mass is 543 g/mol. The minimum Gasteiger partial charge on any atom is -0.496 e. The molecule has 0 aliphatic carbocycles. The normalized spacial score (nSPS) is 11.4. The van der Waals surface area contributed by atoms with E-state index in [1.54, 1.807) is 13.8 Å². The Labute approximate surface area is 222 Å². The number of carbonyl (C=O) groups excluding carboxylic acids is 2. The van der Waals surface area contributed by atoms with Gasteiger partial charge in [0.2, 0.25) is 0 Å². The van der Waals surface area contributed by atoms with Crippen LogP contribution in [0.3, 0.4) is 0 Å². The first-order valence-electron chi connectivity index (χ1n) is 11.7. The zero-order valence-corrected chi connectivity index (χ0v) is 22.0. The van der Waals surface area contributed by atoms with Crippen LogP contribution in [0.5, 0.6) is 11.5 Å². The molecule has 0 bridgehead atoms. The van der Waals surface area contributed by atoms with Gasteiger partial charge in [-0.3, -0.25) is 23.5 Å². The Bertz CT molecular complexity index is 1560. The van der Waals surface area contributed by atoms with Crippen LogP contribution >= 0.6 is 0 Å². The van der Waals surface area contributed by atoms with Crippen LogP contribution in [0.2, 0.25) is 0 Å². The number of rotatable bonds is 11. The lowest BCUT2D eigenvalue weighted by atomic mass is 10.1. The molecule has 39 heavy (non-hydrogen) atoms. The van der Waals surface area contributed by atoms with Crippen molar-refractivity contribution in [1.29, 1.82) is 0 Å². The van der Waals surface area contributed by atoms with Gasteiger partial charge >= 0.3 is 5.69 Å². The largest absolute Gasteiger partial charge is 0.496 e. The van der Waals surface area contributed by atoms with E-state index in [1.807, 2.05) is 0 Å². The first-order valence-corrected chi connectivity index (χ1v) is 11.7. The summed E-state index contributed by atoms with van der Waals surface area (Å²) in [5.41, 5.74) is -2.26. The number of ketones is 2. The van der Waals surface area contributed by atoms with E-state index in [9.17, 15) is 28.0 Å². The van der Waals surface area contributed by atoms with E-state index >= 15 is 0 Å². The molecule has 1 aromatic heterocycles. The number of Topliss-reactive ketones (excluding diaryl/α,β-unsaturated/α-hetero) is 2. The number of carbonyl (C=O) groups is 2. The molecule has 0 aliphatic rings. The molecule has 3 aromatic rings. The molecule has 3 rings (SSSR count). The Morgan fingerprint density at radius 3 is 1.87 bits per heavy atom. The van der Waals surface area contributed by atoms with Crippen molar-refractivity contribution in [2.75, 3.05) is 14.2 Å². The molecule has 2 aromatic carbocycles. The number of halogens is 2. The van der Waals surface area contributed by atoms with Crippen LogP contribution in [0, 0.1) is 11.6 Å². The van der Waals surface area contributed by atoms with Gasteiger partial charge < -0.3 is 14.3 Å². The molecule has 0 amide bonds. The van der Waals surface area contributed by atoms with E-state index in [2.05, 4.69) is 5.16 Å². The maximum absolute atomic E-state index is 13.9. The summed E-state index contributed by atoms with van der Waals surface area (Å²) in [4.78, 5) is 58.0. The van der Waals surface area contributed by atoms with Gasteiger partial charge in [-0.2, -0.15) is 0 Å². The predicted octanol–water partition coefficient (Wildman–Crippen LogP) is 3.22. The van der Waals surface area contributed by atoms with E-state index in [1.165, 1.54) is 33.3 Å². The molecule has 1 heterocycles. The quantitative estimate of drug-likeness (QED) is 0.207. The van der Waals surface area contributed by atoms with Gasteiger partial charge in [0.15, 0.2) is 11.6 Å². The van der Waals surface area contributed by atoms with Crippen molar-refractivity contribution >= 4 is 17.3 Å². The average Bonchev–Trinajstić information content (AvgIpc) is 2.90. The van der Waals surface area contributed by atoms with Crippen LogP contribution in [-0.4, -0.2) is 46.7 Å². The standard InChI is InChI=1S/C27H27F2N3O7/c1-15(2)39-30-16(3)21-12-31(13-22(33)19-10-17(28)6-8-24(19)37-4)27(36)32(26(21)35)14-23(34)20-11-18(29)7-9-25(20)38-5/h6-12,15H,13-14H2,1-5H3/b30-16+. The summed E-state index contributed by atoms with van der Waals surface area (Å²) >= 11 is 0. The van der Waals surface area contributed by atoms with Crippen LogP contribution < -0.4 is 20.7 Å². The Morgan fingerprint density at radius 1 is 0.872 bits per heavy atom. The highest BCUT2D eigenvalue weighted by Crippen LogP contribution is 2.21. The summed E-state index contributed by atoms with van der Waals surface area (Å²) < 4.78 is 39.5. The van der Waals surface area contributed by atoms with E-state index in [-0.39, 0.29) is 40.0 Å². The van der Waals surface area contributed by atoms with Crippen LogP contribution in [0.15, 0.2) is 57.3 Å². The lowest BCUT2D eigenvalue weighted by molar-refractivity contribution is 0.0860. The van der Waals surface area contributed by atoms with Crippen molar-refractivity contribution in [2.24, 2.45) is 5.16 Å². The number of nitrogens with zero attached hydrogens (tertiary/aromatic N) is 3. The molecule has 0 atom stereocenters. The summed E-state index contributed by atoms with van der Waals surface area (Å²) in [6.45, 7) is 3.47. The van der Waals surface area contributed by atoms with Gasteiger partial charge in [-0.15, -0.1) is 0 Å². The van der Waals surface area contributed by atoms with Crippen molar-refractivity contribution < 1.29 is 32.7 Å². The molecule has 0 unspecified atom stereocenters. The summed E-state index contributed by atoms with van der Waals surface area (Å²) in [7, 11) is 2.58. The summed E-state index contributed by atoms with van der Waals surface area (Å²) in [6.07, 6.45) is 0.790. The topological polar surface area (TPSA) is 118 Å². The fraction of sp³-hybridized carbons (Fsp3) is 0.296. The molecule has 0 saturated carbocycles. The zero-order chi connectivity index (χ0) is 28.9. The van der Waals surface area contributed by atoms with Gasteiger partial charge in [-0.1, -0.05) is 5.16 Å². The first-order chi connectivity index (χ1) is 18.5. The average molecular weight is 544 g/mol. The third-order valence-electron chi connectivity index (χ3n) is 5.57. The lowest BCUT2D eigenvalue weighted by Gasteiger charge is -2.14. The Hall–Kier alpha value is -4.61. The second-order valence-corrected chi connectivity index (χ2v) is 8.71. The van der Waals surface area contributed by atoms with Crippen molar-refractivity contribution in [3.05, 3.63) is 91.8 Å². The van der Waals surface area contributed by atoms with Crippen LogP contribution in [0.25, 0.3) is 0 Å². The number of aromatic nitrogens is 2. The summed E-state index contributed by atoms with van der Waals surface area (Å²) in [6, 6.07) is 6.61. The van der Waals surface area contributed by atoms with Crippen LogP contribution in [-0.2, 0) is 17.9 Å². The summed E-state index contributed by atoms with van der Waals surface area (Å²) in [5, 5.41) is 3.90. The third-order valence-corrected chi connectivity index (χ3v) is 5.57. The molecule has 0 N–H and O–H groups in total. The molecule has 0 radical (unpaired) electrons. The van der Waals surface area contributed by atoms with Crippen molar-refractivity contribution in [3.8, 4) is 11.5 Å². The zero-order valence-electron chi connectivity index (χ0n) is 22.0. The van der Waals surface area contributed by atoms with Crippen molar-refractivity contribution in [2.45, 2.75) is 40.0 Å². The van der Waals surface area contributed by atoms with Crippen molar-refractivity contribution in [3.63, 3.8) is 0 Å². The molecule has 0 saturated heterocycles. The SMILES string of the molecule is COc1ccc(F)cc1C(=O)Cn1cc(/C(C)=N/OC(C)C)c(=O)n(CC(=O)c2cc(F)ccc2OC)c1=O.